The molecule has 4 aliphatic rings. The van der Waals surface area contributed by atoms with Crippen LogP contribution in [0.1, 0.15) is 60.8 Å². The molecule has 3 fully saturated rings. The van der Waals surface area contributed by atoms with Crippen molar-refractivity contribution in [3.8, 4) is 5.75 Å². The van der Waals surface area contributed by atoms with Crippen LogP contribution in [0.25, 0.3) is 0 Å². The lowest BCUT2D eigenvalue weighted by atomic mass is 9.97. The van der Waals surface area contributed by atoms with Crippen molar-refractivity contribution >= 4 is 23.7 Å². The van der Waals surface area contributed by atoms with Gasteiger partial charge in [-0.1, -0.05) is 30.3 Å². The topological polar surface area (TPSA) is 115 Å². The van der Waals surface area contributed by atoms with Crippen LogP contribution in [0, 0.1) is 13.8 Å². The number of nitrogens with one attached hydrogen (secondary N) is 1. The molecular weight excluding hydrogens is 610 g/mol. The summed E-state index contributed by atoms with van der Waals surface area (Å²) in [6.45, 7) is 8.48. The lowest BCUT2D eigenvalue weighted by Crippen LogP contribution is -2.53. The minimum Gasteiger partial charge on any atom is -0.507 e. The van der Waals surface area contributed by atoms with Crippen molar-refractivity contribution in [2.45, 2.75) is 89.5 Å². The Morgan fingerprint density at radius 3 is 2.17 bits per heavy atom. The van der Waals surface area contributed by atoms with Gasteiger partial charge in [0.25, 0.3) is 5.91 Å². The average Bonchev–Trinajstić information content (AvgIpc) is 3.28. The largest absolute Gasteiger partial charge is 0.507 e. The molecule has 0 spiro atoms. The van der Waals surface area contributed by atoms with Gasteiger partial charge in [-0.3, -0.25) is 4.79 Å². The highest BCUT2D eigenvalue weighted by atomic mass is 16.6. The molecule has 48 heavy (non-hydrogen) atoms. The molecule has 0 radical (unpaired) electrons. The van der Waals surface area contributed by atoms with Gasteiger partial charge in [0.1, 0.15) is 5.75 Å². The van der Waals surface area contributed by atoms with Crippen LogP contribution in [0.4, 0.5) is 15.3 Å². The smallest absolute Gasteiger partial charge is 0.410 e. The molecule has 11 nitrogen and oxygen atoms in total. The number of nitrogens with zero attached hydrogens (tertiary/aromatic N) is 4. The number of carbonyl (C=O) groups is 3. The summed E-state index contributed by atoms with van der Waals surface area (Å²) in [5, 5.41) is 13.4. The molecule has 0 aromatic heterocycles. The number of aromatic hydroxyl groups is 1. The second kappa shape index (κ2) is 15.2. The Kier molecular flexibility index (Phi) is 10.8. The number of methoxy groups -OCH3 is 1. The van der Waals surface area contributed by atoms with E-state index in [1.54, 1.807) is 12.0 Å². The second-order valence-electron chi connectivity index (χ2n) is 13.9. The average molecular weight is 662 g/mol. The zero-order chi connectivity index (χ0) is 33.8. The van der Waals surface area contributed by atoms with E-state index in [4.69, 9.17) is 9.47 Å². The van der Waals surface area contributed by atoms with Crippen LogP contribution in [0.2, 0.25) is 0 Å². The number of anilines is 1. The van der Waals surface area contributed by atoms with E-state index in [9.17, 15) is 19.5 Å². The molecule has 3 saturated heterocycles. The first-order chi connectivity index (χ1) is 23.2. The highest BCUT2D eigenvalue weighted by molar-refractivity contribution is 5.91. The normalized spacial score (nSPS) is 21.0. The van der Waals surface area contributed by atoms with Crippen LogP contribution in [-0.4, -0.2) is 120 Å². The number of phenolic OH excluding ortho intramolecular Hbond substituents is 1. The quantitative estimate of drug-likeness (QED) is 0.442. The summed E-state index contributed by atoms with van der Waals surface area (Å²) in [5.74, 6) is 0.0685. The number of amides is 4. The van der Waals surface area contributed by atoms with Crippen LogP contribution < -0.4 is 5.32 Å². The Labute approximate surface area is 284 Å². The fourth-order valence-electron chi connectivity index (χ4n) is 7.98. The summed E-state index contributed by atoms with van der Waals surface area (Å²) in [4.78, 5) is 48.7. The number of carbonyl (C=O) groups excluding carboxylic acids is 3. The summed E-state index contributed by atoms with van der Waals surface area (Å²) >= 11 is 0. The van der Waals surface area contributed by atoms with E-state index in [0.717, 1.165) is 73.1 Å². The van der Waals surface area contributed by atoms with Crippen LogP contribution >= 0.6 is 0 Å². The highest BCUT2D eigenvalue weighted by Gasteiger charge is 2.36. The minimum atomic E-state index is -0.970. The van der Waals surface area contributed by atoms with Crippen molar-refractivity contribution in [3.05, 3.63) is 58.7 Å². The van der Waals surface area contributed by atoms with Crippen LogP contribution in [0.3, 0.4) is 0 Å². The maximum Gasteiger partial charge on any atom is 0.410 e. The van der Waals surface area contributed by atoms with Crippen molar-refractivity contribution in [2.24, 2.45) is 0 Å². The summed E-state index contributed by atoms with van der Waals surface area (Å²) in [7, 11) is 1.78. The first-order valence-corrected chi connectivity index (χ1v) is 17.7. The highest BCUT2D eigenvalue weighted by Crippen LogP contribution is 2.28. The molecule has 0 aliphatic carbocycles. The predicted octanol–water partition coefficient (Wildman–Crippen LogP) is 4.71. The molecule has 4 amide bonds. The predicted molar refractivity (Wildman–Crippen MR) is 183 cm³/mol. The molecular formula is C37H51N5O6. The molecule has 11 heteroatoms. The van der Waals surface area contributed by atoms with Crippen LogP contribution in [-0.2, 0) is 27.1 Å². The van der Waals surface area contributed by atoms with E-state index < -0.39 is 12.2 Å². The Hall–Kier alpha value is -3.83. The number of benzene rings is 2. The number of ether oxygens (including phenoxy) is 2. The van der Waals surface area contributed by atoms with Gasteiger partial charge in [0.15, 0.2) is 6.10 Å². The first kappa shape index (κ1) is 34.0. The lowest BCUT2D eigenvalue weighted by Gasteiger charge is -2.42. The zero-order valence-corrected chi connectivity index (χ0v) is 28.7. The number of likely N-dealkylation sites (tertiary alicyclic amines) is 3. The van der Waals surface area contributed by atoms with Crippen LogP contribution in [0.15, 0.2) is 36.4 Å². The SMILES string of the molecule is COC1CCN(C2CCN(C(=O)[C@@H](Cc3cc(C)c(O)c(C)c3)OC(=O)N3CCC(N4CCc5ccccc5NC4=O)CC3)CC2)CC1. The molecule has 2 aromatic rings. The number of piperidine rings is 3. The number of fused-ring (bicyclic) bond motifs is 1. The molecule has 260 valence electrons. The third-order valence-corrected chi connectivity index (χ3v) is 10.9. The number of hydrogen-bond donors (Lipinski definition) is 2. The van der Waals surface area contributed by atoms with Gasteiger partial charge >= 0.3 is 12.1 Å². The molecule has 0 bridgehead atoms. The van der Waals surface area contributed by atoms with Crippen molar-refractivity contribution < 1.29 is 29.0 Å². The number of urea groups is 1. The molecule has 2 aromatic carbocycles. The summed E-state index contributed by atoms with van der Waals surface area (Å²) < 4.78 is 11.6. The number of rotatable bonds is 7. The third kappa shape index (κ3) is 7.73. The monoisotopic (exact) mass is 661 g/mol. The van der Waals surface area contributed by atoms with Gasteiger partial charge in [0.2, 0.25) is 0 Å². The Morgan fingerprint density at radius 1 is 0.875 bits per heavy atom. The molecule has 0 saturated carbocycles. The summed E-state index contributed by atoms with van der Waals surface area (Å²) in [6, 6.07) is 12.0. The maximum absolute atomic E-state index is 14.0. The fraction of sp³-hybridized carbons (Fsp3) is 0.595. The van der Waals surface area contributed by atoms with E-state index >= 15 is 0 Å². The molecule has 1 atom stereocenters. The number of hydrogen-bond acceptors (Lipinski definition) is 7. The molecule has 2 N–H and O–H groups in total. The first-order valence-electron chi connectivity index (χ1n) is 17.7. The second-order valence-corrected chi connectivity index (χ2v) is 13.9. The number of para-hydroxylation sites is 1. The Morgan fingerprint density at radius 2 is 1.50 bits per heavy atom. The fourth-order valence-corrected chi connectivity index (χ4v) is 7.98. The van der Waals surface area contributed by atoms with E-state index in [-0.39, 0.29) is 30.2 Å². The molecule has 4 aliphatic heterocycles. The molecule has 6 rings (SSSR count). The van der Waals surface area contributed by atoms with Gasteiger partial charge in [-0.2, -0.15) is 0 Å². The lowest BCUT2D eigenvalue weighted by molar-refractivity contribution is -0.142. The third-order valence-electron chi connectivity index (χ3n) is 10.9. The molecule has 0 unspecified atom stereocenters. The van der Waals surface area contributed by atoms with E-state index in [2.05, 4.69) is 10.2 Å². The molecule has 4 heterocycles. The van der Waals surface area contributed by atoms with E-state index in [0.29, 0.717) is 57.7 Å². The van der Waals surface area contributed by atoms with Gasteiger partial charge in [-0.25, -0.2) is 9.59 Å². The standard InChI is InChI=1S/C37H51N5O6/c1-25-22-27(23-26(2)34(25)43)24-33(35(44)40-15-9-29(10-16-40)39-19-13-31(47-3)14-20-39)48-37(46)41-17-11-30(12-18-41)42-21-8-28-6-4-5-7-32(28)38-36(42)45/h4-7,22-23,29-31,33,43H,8-21,24H2,1-3H3,(H,38,45)/t33-/m1/s1. The van der Waals surface area contributed by atoms with Crippen molar-refractivity contribution in [1.29, 1.82) is 0 Å². The maximum atomic E-state index is 14.0. The van der Waals surface area contributed by atoms with Crippen molar-refractivity contribution in [2.75, 3.05) is 58.2 Å². The van der Waals surface area contributed by atoms with Crippen LogP contribution in [0.5, 0.6) is 5.75 Å². The van der Waals surface area contributed by atoms with Gasteiger partial charge in [-0.05, 0) is 87.1 Å². The van der Waals surface area contributed by atoms with Gasteiger partial charge in [0.05, 0.1) is 6.10 Å². The zero-order valence-electron chi connectivity index (χ0n) is 28.7. The number of phenols is 1. The van der Waals surface area contributed by atoms with Gasteiger partial charge in [0, 0.05) is 77.1 Å². The summed E-state index contributed by atoms with van der Waals surface area (Å²) in [5.41, 5.74) is 4.28. The minimum absolute atomic E-state index is 0.0188. The Bertz CT molecular complexity index is 1440. The van der Waals surface area contributed by atoms with Gasteiger partial charge < -0.3 is 39.5 Å². The Balaban J connectivity index is 1.07. The van der Waals surface area contributed by atoms with Gasteiger partial charge in [-0.15, -0.1) is 0 Å². The van der Waals surface area contributed by atoms with E-state index in [1.165, 1.54) is 0 Å². The van der Waals surface area contributed by atoms with Crippen molar-refractivity contribution in [3.63, 3.8) is 0 Å². The van der Waals surface area contributed by atoms with Crippen molar-refractivity contribution in [1.82, 2.24) is 19.6 Å². The number of aryl methyl sites for hydroxylation is 2. The van der Waals surface area contributed by atoms with E-state index in [1.807, 2.05) is 60.0 Å². The summed E-state index contributed by atoms with van der Waals surface area (Å²) in [6.07, 6.45) is 5.03.